The van der Waals surface area contributed by atoms with E-state index in [1.54, 1.807) is 6.07 Å². The Labute approximate surface area is 123 Å². The second-order valence-corrected chi connectivity index (χ2v) is 6.74. The van der Waals surface area contributed by atoms with Crippen LogP contribution >= 0.6 is 34.8 Å². The number of pyridine rings is 1. The fourth-order valence-corrected chi connectivity index (χ4v) is 2.90. The predicted octanol–water partition coefficient (Wildman–Crippen LogP) is 5.06. The molecule has 2 nitrogen and oxygen atoms in total. The molecule has 1 fully saturated rings. The van der Waals surface area contributed by atoms with Crippen LogP contribution in [0.2, 0.25) is 15.2 Å². The van der Waals surface area contributed by atoms with Gasteiger partial charge >= 0.3 is 0 Å². The van der Waals surface area contributed by atoms with E-state index >= 15 is 0 Å². The normalized spacial score (nSPS) is 19.7. The standard InChI is InChI=1S/C13H17Cl3N2/c1-13(2)4-3-6-18(7-5-13)12-10(15)8-9(14)11(16)17-12/h8H,3-7H2,1-2H3. The Morgan fingerprint density at radius 3 is 2.56 bits per heavy atom. The first-order valence-corrected chi connectivity index (χ1v) is 7.29. The zero-order valence-electron chi connectivity index (χ0n) is 10.6. The van der Waals surface area contributed by atoms with E-state index in [1.807, 2.05) is 0 Å². The van der Waals surface area contributed by atoms with E-state index in [-0.39, 0.29) is 0 Å². The van der Waals surface area contributed by atoms with Crippen LogP contribution in [0.1, 0.15) is 33.1 Å². The van der Waals surface area contributed by atoms with Crippen molar-refractivity contribution in [1.29, 1.82) is 0 Å². The minimum Gasteiger partial charge on any atom is -0.355 e. The Morgan fingerprint density at radius 2 is 1.83 bits per heavy atom. The van der Waals surface area contributed by atoms with Crippen LogP contribution in [-0.2, 0) is 0 Å². The van der Waals surface area contributed by atoms with Gasteiger partial charge in [0.05, 0.1) is 10.0 Å². The fourth-order valence-electron chi connectivity index (χ4n) is 2.29. The minimum absolute atomic E-state index is 0.319. The summed E-state index contributed by atoms with van der Waals surface area (Å²) in [4.78, 5) is 6.52. The first kappa shape index (κ1) is 14.2. The van der Waals surface area contributed by atoms with Crippen LogP contribution in [0.25, 0.3) is 0 Å². The van der Waals surface area contributed by atoms with Gasteiger partial charge in [0, 0.05) is 13.1 Å². The molecule has 0 amide bonds. The van der Waals surface area contributed by atoms with Gasteiger partial charge in [0.15, 0.2) is 0 Å². The molecule has 0 spiro atoms. The summed E-state index contributed by atoms with van der Waals surface area (Å²) in [6.07, 6.45) is 3.50. The highest BCUT2D eigenvalue weighted by Crippen LogP contribution is 2.35. The number of hydrogen-bond acceptors (Lipinski definition) is 2. The van der Waals surface area contributed by atoms with Crippen molar-refractivity contribution in [2.45, 2.75) is 33.1 Å². The zero-order chi connectivity index (χ0) is 13.3. The van der Waals surface area contributed by atoms with Gasteiger partial charge in [0.2, 0.25) is 0 Å². The van der Waals surface area contributed by atoms with Gasteiger partial charge in [-0.25, -0.2) is 4.98 Å². The van der Waals surface area contributed by atoms with Crippen LogP contribution in [0, 0.1) is 5.41 Å². The third kappa shape index (κ3) is 3.23. The van der Waals surface area contributed by atoms with Gasteiger partial charge in [-0.15, -0.1) is 0 Å². The van der Waals surface area contributed by atoms with Crippen molar-refractivity contribution in [1.82, 2.24) is 4.98 Å². The van der Waals surface area contributed by atoms with Gasteiger partial charge < -0.3 is 4.90 Å². The molecule has 1 aromatic heterocycles. The molecule has 0 radical (unpaired) electrons. The van der Waals surface area contributed by atoms with Gasteiger partial charge in [0.1, 0.15) is 11.0 Å². The van der Waals surface area contributed by atoms with Gasteiger partial charge in [-0.1, -0.05) is 48.7 Å². The highest BCUT2D eigenvalue weighted by molar-refractivity contribution is 6.42. The van der Waals surface area contributed by atoms with Crippen molar-refractivity contribution >= 4 is 40.6 Å². The highest BCUT2D eigenvalue weighted by Gasteiger charge is 2.25. The molecule has 1 saturated heterocycles. The maximum absolute atomic E-state index is 6.21. The van der Waals surface area contributed by atoms with Gasteiger partial charge in [-0.3, -0.25) is 0 Å². The van der Waals surface area contributed by atoms with Gasteiger partial charge in [0.25, 0.3) is 0 Å². The lowest BCUT2D eigenvalue weighted by molar-refractivity contribution is 0.325. The second-order valence-electron chi connectivity index (χ2n) is 5.57. The summed E-state index contributed by atoms with van der Waals surface area (Å²) in [5.74, 6) is 0.753. The second kappa shape index (κ2) is 5.44. The fraction of sp³-hybridized carbons (Fsp3) is 0.615. The number of anilines is 1. The highest BCUT2D eigenvalue weighted by atomic mass is 35.5. The van der Waals surface area contributed by atoms with Crippen molar-refractivity contribution in [3.8, 4) is 0 Å². The van der Waals surface area contributed by atoms with Crippen LogP contribution in [-0.4, -0.2) is 18.1 Å². The van der Waals surface area contributed by atoms with Crippen molar-refractivity contribution in [2.24, 2.45) is 5.41 Å². The minimum atomic E-state index is 0.319. The zero-order valence-corrected chi connectivity index (χ0v) is 12.9. The van der Waals surface area contributed by atoms with E-state index < -0.39 is 0 Å². The summed E-state index contributed by atoms with van der Waals surface area (Å²) in [5, 5.41) is 1.30. The molecule has 0 unspecified atom stereocenters. The molecule has 1 aromatic rings. The molecule has 2 heterocycles. The predicted molar refractivity (Wildman–Crippen MR) is 79.1 cm³/mol. The first-order chi connectivity index (χ1) is 8.39. The van der Waals surface area contributed by atoms with Crippen LogP contribution in [0.3, 0.4) is 0 Å². The van der Waals surface area contributed by atoms with Crippen LogP contribution in [0.15, 0.2) is 6.07 Å². The summed E-state index contributed by atoms with van der Waals surface area (Å²) in [6.45, 7) is 6.53. The van der Waals surface area contributed by atoms with Crippen molar-refractivity contribution in [3.63, 3.8) is 0 Å². The molecular weight excluding hydrogens is 291 g/mol. The maximum atomic E-state index is 6.21. The van der Waals surface area contributed by atoms with Crippen LogP contribution in [0.4, 0.5) is 5.82 Å². The number of aromatic nitrogens is 1. The van der Waals surface area contributed by atoms with Gasteiger partial charge in [-0.2, -0.15) is 0 Å². The van der Waals surface area contributed by atoms with E-state index in [0.717, 1.165) is 31.7 Å². The smallest absolute Gasteiger partial charge is 0.150 e. The molecule has 18 heavy (non-hydrogen) atoms. The lowest BCUT2D eigenvalue weighted by atomic mass is 9.85. The molecule has 100 valence electrons. The molecule has 1 aliphatic rings. The van der Waals surface area contributed by atoms with Crippen molar-refractivity contribution in [2.75, 3.05) is 18.0 Å². The largest absolute Gasteiger partial charge is 0.355 e. The molecule has 0 bridgehead atoms. The maximum Gasteiger partial charge on any atom is 0.150 e. The Hall–Kier alpha value is -0.180. The SMILES string of the molecule is CC1(C)CCCN(c2nc(Cl)c(Cl)cc2Cl)CC1. The quantitative estimate of drug-likeness (QED) is 0.674. The van der Waals surface area contributed by atoms with Crippen molar-refractivity contribution < 1.29 is 0 Å². The van der Waals surface area contributed by atoms with E-state index in [0.29, 0.717) is 20.6 Å². The monoisotopic (exact) mass is 306 g/mol. The Balaban J connectivity index is 2.24. The molecule has 0 aromatic carbocycles. The lowest BCUT2D eigenvalue weighted by Crippen LogP contribution is -2.26. The van der Waals surface area contributed by atoms with E-state index in [1.165, 1.54) is 6.42 Å². The molecule has 0 aliphatic carbocycles. The summed E-state index contributed by atoms with van der Waals surface area (Å²) < 4.78 is 0. The average Bonchev–Trinajstić information content (AvgIpc) is 2.45. The molecule has 2 rings (SSSR count). The van der Waals surface area contributed by atoms with Gasteiger partial charge in [-0.05, 0) is 30.7 Å². The molecular formula is C13H17Cl3N2. The first-order valence-electron chi connectivity index (χ1n) is 6.15. The average molecular weight is 308 g/mol. The molecule has 0 N–H and O–H groups in total. The Kier molecular flexibility index (Phi) is 4.30. The Bertz CT molecular complexity index is 446. The summed E-state index contributed by atoms with van der Waals surface area (Å²) in [6, 6.07) is 1.67. The summed E-state index contributed by atoms with van der Waals surface area (Å²) in [5.41, 5.74) is 0.386. The number of rotatable bonds is 1. The summed E-state index contributed by atoms with van der Waals surface area (Å²) >= 11 is 18.1. The van der Waals surface area contributed by atoms with E-state index in [9.17, 15) is 0 Å². The van der Waals surface area contributed by atoms with Crippen LogP contribution < -0.4 is 4.90 Å². The molecule has 5 heteroatoms. The number of halogens is 3. The lowest BCUT2D eigenvalue weighted by Gasteiger charge is -2.25. The molecule has 0 saturated carbocycles. The van der Waals surface area contributed by atoms with E-state index in [4.69, 9.17) is 34.8 Å². The third-order valence-corrected chi connectivity index (χ3v) is 4.46. The number of nitrogens with zero attached hydrogens (tertiary/aromatic N) is 2. The van der Waals surface area contributed by atoms with Crippen molar-refractivity contribution in [3.05, 3.63) is 21.3 Å². The topological polar surface area (TPSA) is 16.1 Å². The summed E-state index contributed by atoms with van der Waals surface area (Å²) in [7, 11) is 0. The molecule has 0 atom stereocenters. The molecule has 1 aliphatic heterocycles. The third-order valence-electron chi connectivity index (χ3n) is 3.51. The van der Waals surface area contributed by atoms with Crippen LogP contribution in [0.5, 0.6) is 0 Å². The van der Waals surface area contributed by atoms with E-state index in [2.05, 4.69) is 23.7 Å². The Morgan fingerprint density at radius 1 is 1.11 bits per heavy atom. The number of hydrogen-bond donors (Lipinski definition) is 0.